The summed E-state index contributed by atoms with van der Waals surface area (Å²) in [6, 6.07) is 10.0. The molecule has 4 aliphatic rings. The van der Waals surface area contributed by atoms with Crippen LogP contribution < -0.4 is 5.73 Å². The molecule has 2 N–H and O–H groups in total. The highest BCUT2D eigenvalue weighted by Gasteiger charge is 2.67. The van der Waals surface area contributed by atoms with E-state index in [2.05, 4.69) is 20.8 Å². The molecule has 4 aliphatic carbocycles. The van der Waals surface area contributed by atoms with Crippen LogP contribution in [-0.2, 0) is 25.0 Å². The average Bonchev–Trinajstić information content (AvgIpc) is 3.32. The first-order valence-corrected chi connectivity index (χ1v) is 18.2. The number of benzene rings is 1. The van der Waals surface area contributed by atoms with Gasteiger partial charge in [-0.05, 0) is 68.3 Å². The van der Waals surface area contributed by atoms with E-state index in [1.54, 1.807) is 0 Å². The quantitative estimate of drug-likeness (QED) is 0.291. The summed E-state index contributed by atoms with van der Waals surface area (Å²) in [6.07, 6.45) is 14.3. The number of ether oxygens (including phenoxy) is 1. The van der Waals surface area contributed by atoms with Crippen LogP contribution in [-0.4, -0.2) is 49.2 Å². The SMILES string of the molecule is CCC[C@](CN)(C(=O)O[C@@H]1C[C@H]2CC[C@]1(CS(=O)(=O)N(C1CCCCC1)C1CCCCC1)C2(C)C)c1ccccc1. The lowest BCUT2D eigenvalue weighted by Crippen LogP contribution is -2.55. The molecule has 1 aromatic carbocycles. The van der Waals surface area contributed by atoms with Gasteiger partial charge >= 0.3 is 5.97 Å². The maximum absolute atomic E-state index is 14.7. The molecule has 230 valence electrons. The number of sulfonamides is 1. The summed E-state index contributed by atoms with van der Waals surface area (Å²) in [6.45, 7) is 6.71. The molecule has 4 saturated carbocycles. The third-order valence-corrected chi connectivity index (χ3v) is 14.1. The maximum atomic E-state index is 14.7. The Morgan fingerprint density at radius 1 is 0.976 bits per heavy atom. The van der Waals surface area contributed by atoms with Crippen molar-refractivity contribution in [2.45, 2.75) is 141 Å². The molecule has 5 rings (SSSR count). The van der Waals surface area contributed by atoms with Gasteiger partial charge in [0.05, 0.1) is 5.75 Å². The van der Waals surface area contributed by atoms with Gasteiger partial charge in [-0.3, -0.25) is 4.79 Å². The third kappa shape index (κ3) is 5.53. The Morgan fingerprint density at radius 2 is 1.56 bits per heavy atom. The minimum atomic E-state index is -3.57. The molecule has 0 saturated heterocycles. The first-order chi connectivity index (χ1) is 19.6. The van der Waals surface area contributed by atoms with E-state index in [-0.39, 0.29) is 35.8 Å². The zero-order chi connectivity index (χ0) is 29.3. The fraction of sp³-hybridized carbons (Fsp3) is 0.794. The molecule has 2 bridgehead atoms. The summed E-state index contributed by atoms with van der Waals surface area (Å²) in [5.41, 5.74) is 5.53. The van der Waals surface area contributed by atoms with Crippen LogP contribution >= 0.6 is 0 Å². The normalized spacial score (nSPS) is 30.4. The summed E-state index contributed by atoms with van der Waals surface area (Å²) in [4.78, 5) is 14.2. The Labute approximate surface area is 249 Å². The number of fused-ring (bicyclic) bond motifs is 2. The van der Waals surface area contributed by atoms with Gasteiger partial charge in [-0.25, -0.2) is 8.42 Å². The van der Waals surface area contributed by atoms with E-state index in [4.69, 9.17) is 10.5 Å². The summed E-state index contributed by atoms with van der Waals surface area (Å²) in [5.74, 6) is 0.154. The lowest BCUT2D eigenvalue weighted by atomic mass is 9.69. The summed E-state index contributed by atoms with van der Waals surface area (Å²) < 4.78 is 38.0. The Morgan fingerprint density at radius 3 is 2.07 bits per heavy atom. The molecule has 0 radical (unpaired) electrons. The number of hydrogen-bond acceptors (Lipinski definition) is 5. The highest BCUT2D eigenvalue weighted by molar-refractivity contribution is 7.89. The third-order valence-electron chi connectivity index (χ3n) is 12.0. The van der Waals surface area contributed by atoms with Crippen LogP contribution in [0.5, 0.6) is 0 Å². The minimum Gasteiger partial charge on any atom is -0.461 e. The molecule has 0 unspecified atom stereocenters. The molecule has 6 nitrogen and oxygen atoms in total. The van der Waals surface area contributed by atoms with Gasteiger partial charge in [-0.15, -0.1) is 0 Å². The molecule has 4 atom stereocenters. The minimum absolute atomic E-state index is 0.0865. The molecule has 1 aromatic rings. The fourth-order valence-corrected chi connectivity index (χ4v) is 12.3. The van der Waals surface area contributed by atoms with E-state index in [0.29, 0.717) is 12.3 Å². The standard InChI is InChI=1S/C34H54N2O4S/c1-4-21-33(24-35,26-14-8-5-9-15-26)31(37)40-30-23-27-20-22-34(30,32(27,2)3)25-41(38,39)36(28-16-10-6-11-17-28)29-18-12-7-13-19-29/h5,8-9,14-15,27-30H,4,6-7,10-13,16-25,35H2,1-3H3/t27-,30-,33-,34-/m1/s1. The fourth-order valence-electron chi connectivity index (χ4n) is 9.42. The molecule has 4 fully saturated rings. The number of nitrogens with zero attached hydrogens (tertiary/aromatic N) is 1. The first kappa shape index (κ1) is 31.0. The number of hydrogen-bond donors (Lipinski definition) is 1. The second kappa shape index (κ2) is 12.3. The van der Waals surface area contributed by atoms with Crippen molar-refractivity contribution in [2.24, 2.45) is 22.5 Å². The molecule has 0 amide bonds. The molecule has 0 spiro atoms. The average molecular weight is 587 g/mol. The maximum Gasteiger partial charge on any atom is 0.318 e. The van der Waals surface area contributed by atoms with Crippen LogP contribution in [0.3, 0.4) is 0 Å². The van der Waals surface area contributed by atoms with E-state index < -0.39 is 27.0 Å². The molecule has 41 heavy (non-hydrogen) atoms. The van der Waals surface area contributed by atoms with Gasteiger partial charge in [-0.2, -0.15) is 4.31 Å². The van der Waals surface area contributed by atoms with Gasteiger partial charge in [0.2, 0.25) is 10.0 Å². The highest BCUT2D eigenvalue weighted by Crippen LogP contribution is 2.67. The first-order valence-electron chi connectivity index (χ1n) is 16.6. The van der Waals surface area contributed by atoms with E-state index >= 15 is 0 Å². The lowest BCUT2D eigenvalue weighted by molar-refractivity contribution is -0.164. The van der Waals surface area contributed by atoms with E-state index in [1.807, 2.05) is 34.6 Å². The van der Waals surface area contributed by atoms with Crippen molar-refractivity contribution in [3.8, 4) is 0 Å². The largest absolute Gasteiger partial charge is 0.461 e. The van der Waals surface area contributed by atoms with Crippen molar-refractivity contribution in [1.29, 1.82) is 0 Å². The lowest BCUT2D eigenvalue weighted by Gasteiger charge is -2.46. The second-order valence-corrected chi connectivity index (χ2v) is 16.2. The van der Waals surface area contributed by atoms with Crippen LogP contribution in [0.4, 0.5) is 0 Å². The number of carbonyl (C=O) groups is 1. The van der Waals surface area contributed by atoms with Crippen LogP contribution in [0.25, 0.3) is 0 Å². The Balaban J connectivity index is 1.47. The van der Waals surface area contributed by atoms with Crippen molar-refractivity contribution in [3.63, 3.8) is 0 Å². The van der Waals surface area contributed by atoms with Gasteiger partial charge in [0.15, 0.2) is 0 Å². The Bertz CT molecular complexity index is 1120. The monoisotopic (exact) mass is 586 g/mol. The highest BCUT2D eigenvalue weighted by atomic mass is 32.2. The molecule has 7 heteroatoms. The molecule has 0 heterocycles. The van der Waals surface area contributed by atoms with Crippen molar-refractivity contribution < 1.29 is 17.9 Å². The summed E-state index contributed by atoms with van der Waals surface area (Å²) >= 11 is 0. The second-order valence-electron chi connectivity index (χ2n) is 14.3. The molecule has 0 aliphatic heterocycles. The van der Waals surface area contributed by atoms with Crippen molar-refractivity contribution in [1.82, 2.24) is 4.31 Å². The predicted molar refractivity (Wildman–Crippen MR) is 165 cm³/mol. The Kier molecular flexibility index (Phi) is 9.28. The molecular formula is C34H54N2O4S. The van der Waals surface area contributed by atoms with Gasteiger partial charge in [0, 0.05) is 24.0 Å². The van der Waals surface area contributed by atoms with Gasteiger partial charge in [0.25, 0.3) is 0 Å². The number of nitrogens with two attached hydrogens (primary N) is 1. The van der Waals surface area contributed by atoms with E-state index in [1.165, 1.54) is 12.8 Å². The van der Waals surface area contributed by atoms with Gasteiger partial charge in [-0.1, -0.05) is 96.0 Å². The number of esters is 1. The summed E-state index contributed by atoms with van der Waals surface area (Å²) in [5, 5.41) is 0. The van der Waals surface area contributed by atoms with Crippen LogP contribution in [0.1, 0.15) is 123 Å². The zero-order valence-electron chi connectivity index (χ0n) is 25.8. The van der Waals surface area contributed by atoms with Gasteiger partial charge < -0.3 is 10.5 Å². The topological polar surface area (TPSA) is 89.7 Å². The number of carbonyl (C=O) groups excluding carboxylic acids is 1. The predicted octanol–water partition coefficient (Wildman–Crippen LogP) is 6.72. The zero-order valence-corrected chi connectivity index (χ0v) is 26.6. The van der Waals surface area contributed by atoms with Crippen molar-refractivity contribution >= 4 is 16.0 Å². The molecule has 0 aromatic heterocycles. The molecular weight excluding hydrogens is 532 g/mol. The van der Waals surface area contributed by atoms with Crippen molar-refractivity contribution in [2.75, 3.05) is 12.3 Å². The Hall–Kier alpha value is -1.44. The van der Waals surface area contributed by atoms with Gasteiger partial charge in [0.1, 0.15) is 11.5 Å². The van der Waals surface area contributed by atoms with Crippen LogP contribution in [0.15, 0.2) is 30.3 Å². The van der Waals surface area contributed by atoms with Crippen molar-refractivity contribution in [3.05, 3.63) is 35.9 Å². The number of rotatable bonds is 11. The van der Waals surface area contributed by atoms with Crippen LogP contribution in [0.2, 0.25) is 0 Å². The summed E-state index contributed by atoms with van der Waals surface area (Å²) in [7, 11) is -3.57. The van der Waals surface area contributed by atoms with E-state index in [0.717, 1.165) is 82.6 Å². The van der Waals surface area contributed by atoms with Crippen LogP contribution in [0, 0.1) is 16.7 Å². The van der Waals surface area contributed by atoms with E-state index in [9.17, 15) is 13.2 Å². The smallest absolute Gasteiger partial charge is 0.318 e.